The van der Waals surface area contributed by atoms with Gasteiger partial charge in [0.05, 0.1) is 0 Å². The maximum Gasteiger partial charge on any atom is 0.248 e. The summed E-state index contributed by atoms with van der Waals surface area (Å²) in [6.45, 7) is 0. The molecule has 0 aliphatic carbocycles. The van der Waals surface area contributed by atoms with Crippen molar-refractivity contribution in [3.8, 4) is 11.4 Å². The lowest BCUT2D eigenvalue weighted by Crippen LogP contribution is -2.11. The van der Waals surface area contributed by atoms with Crippen LogP contribution >= 0.6 is 0 Å². The summed E-state index contributed by atoms with van der Waals surface area (Å²) in [5.74, 6) is -1.19. The smallest absolute Gasteiger partial charge is 0.248 e. The molecule has 1 aromatic carbocycles. The van der Waals surface area contributed by atoms with Gasteiger partial charge < -0.3 is 5.73 Å². The van der Waals surface area contributed by atoms with Crippen LogP contribution in [0.3, 0.4) is 0 Å². The molecule has 0 atom stereocenters. The zero-order valence-electron chi connectivity index (χ0n) is 7.96. The number of benzene rings is 1. The second kappa shape index (κ2) is 3.97. The van der Waals surface area contributed by atoms with Gasteiger partial charge >= 0.3 is 0 Å². The van der Waals surface area contributed by atoms with Crippen molar-refractivity contribution in [2.75, 3.05) is 0 Å². The summed E-state index contributed by atoms with van der Waals surface area (Å²) >= 11 is 0. The van der Waals surface area contributed by atoms with Gasteiger partial charge in [-0.25, -0.2) is 4.39 Å². The van der Waals surface area contributed by atoms with Crippen LogP contribution < -0.4 is 5.73 Å². The molecule has 0 aliphatic rings. The van der Waals surface area contributed by atoms with Crippen LogP contribution in [0.5, 0.6) is 0 Å². The number of aromatic nitrogens is 4. The average Bonchev–Trinajstić information content (AvgIpc) is 2.29. The summed E-state index contributed by atoms with van der Waals surface area (Å²) in [7, 11) is 0. The van der Waals surface area contributed by atoms with Gasteiger partial charge in [0, 0.05) is 11.1 Å². The lowest BCUT2D eigenvalue weighted by Gasteiger charge is -2.00. The summed E-state index contributed by atoms with van der Waals surface area (Å²) in [6.07, 6.45) is 1.15. The largest absolute Gasteiger partial charge is 0.366 e. The van der Waals surface area contributed by atoms with Gasteiger partial charge in [-0.15, -0.1) is 20.4 Å². The molecular weight excluding hydrogens is 213 g/mol. The van der Waals surface area contributed by atoms with Crippen molar-refractivity contribution in [3.05, 3.63) is 35.9 Å². The third kappa shape index (κ3) is 1.97. The SMILES string of the molecule is NC(=O)c1cc(F)cc(-c2nncnn2)c1. The summed E-state index contributed by atoms with van der Waals surface area (Å²) < 4.78 is 13.2. The Morgan fingerprint density at radius 2 is 1.88 bits per heavy atom. The Hall–Kier alpha value is -2.44. The summed E-state index contributed by atoms with van der Waals surface area (Å²) in [5, 5.41) is 14.3. The van der Waals surface area contributed by atoms with Gasteiger partial charge in [-0.05, 0) is 18.2 Å². The number of hydrogen-bond acceptors (Lipinski definition) is 5. The lowest BCUT2D eigenvalue weighted by molar-refractivity contribution is 0.1000. The topological polar surface area (TPSA) is 94.7 Å². The van der Waals surface area contributed by atoms with Crippen molar-refractivity contribution in [2.24, 2.45) is 5.73 Å². The molecule has 0 fully saturated rings. The zero-order valence-corrected chi connectivity index (χ0v) is 7.96. The highest BCUT2D eigenvalue weighted by atomic mass is 19.1. The molecule has 0 radical (unpaired) electrons. The van der Waals surface area contributed by atoms with Gasteiger partial charge in [0.15, 0.2) is 6.33 Å². The van der Waals surface area contributed by atoms with Crippen LogP contribution in [-0.4, -0.2) is 26.3 Å². The first kappa shape index (κ1) is 10.1. The number of nitrogens with zero attached hydrogens (tertiary/aromatic N) is 4. The van der Waals surface area contributed by atoms with E-state index in [4.69, 9.17) is 5.73 Å². The second-order valence-electron chi connectivity index (χ2n) is 2.96. The second-order valence-corrected chi connectivity index (χ2v) is 2.96. The first-order chi connectivity index (χ1) is 7.66. The minimum atomic E-state index is -0.724. The molecule has 1 amide bonds. The average molecular weight is 219 g/mol. The van der Waals surface area contributed by atoms with Crippen molar-refractivity contribution in [3.63, 3.8) is 0 Å². The molecule has 0 saturated heterocycles. The number of primary amides is 1. The minimum absolute atomic E-state index is 0.0439. The number of hydrogen-bond donors (Lipinski definition) is 1. The molecule has 1 aromatic heterocycles. The lowest BCUT2D eigenvalue weighted by atomic mass is 10.1. The Labute approximate surface area is 89.3 Å². The van der Waals surface area contributed by atoms with E-state index in [9.17, 15) is 9.18 Å². The van der Waals surface area contributed by atoms with E-state index < -0.39 is 11.7 Å². The molecule has 0 spiro atoms. The Morgan fingerprint density at radius 3 is 2.50 bits per heavy atom. The number of halogens is 1. The van der Waals surface area contributed by atoms with Gasteiger partial charge in [0.25, 0.3) is 0 Å². The third-order valence-electron chi connectivity index (χ3n) is 1.85. The molecular formula is C9H6FN5O. The molecule has 16 heavy (non-hydrogen) atoms. The van der Waals surface area contributed by atoms with Crippen LogP contribution in [0.4, 0.5) is 4.39 Å². The molecule has 0 aliphatic heterocycles. The highest BCUT2D eigenvalue weighted by Crippen LogP contribution is 2.16. The normalized spacial score (nSPS) is 10.1. The number of nitrogens with two attached hydrogens (primary N) is 1. The Morgan fingerprint density at radius 1 is 1.19 bits per heavy atom. The monoisotopic (exact) mass is 219 g/mol. The Balaban J connectivity index is 2.54. The zero-order chi connectivity index (χ0) is 11.5. The maximum absolute atomic E-state index is 13.2. The van der Waals surface area contributed by atoms with E-state index in [1.54, 1.807) is 0 Å². The van der Waals surface area contributed by atoms with Gasteiger partial charge in [-0.2, -0.15) is 0 Å². The van der Waals surface area contributed by atoms with E-state index in [1.165, 1.54) is 12.1 Å². The highest BCUT2D eigenvalue weighted by Gasteiger charge is 2.09. The first-order valence-corrected chi connectivity index (χ1v) is 4.28. The Kier molecular flexibility index (Phi) is 2.50. The summed E-state index contributed by atoms with van der Waals surface area (Å²) in [4.78, 5) is 10.9. The number of amides is 1. The van der Waals surface area contributed by atoms with Gasteiger partial charge in [-0.1, -0.05) is 0 Å². The quantitative estimate of drug-likeness (QED) is 0.776. The van der Waals surface area contributed by atoms with Crippen molar-refractivity contribution >= 4 is 5.91 Å². The van der Waals surface area contributed by atoms with Crippen LogP contribution in [0.1, 0.15) is 10.4 Å². The highest BCUT2D eigenvalue weighted by molar-refractivity contribution is 5.93. The molecule has 1 heterocycles. The first-order valence-electron chi connectivity index (χ1n) is 4.28. The van der Waals surface area contributed by atoms with Crippen LogP contribution in [0, 0.1) is 5.82 Å². The van der Waals surface area contributed by atoms with E-state index in [0.717, 1.165) is 12.4 Å². The predicted octanol–water partition coefficient (Wildman–Crippen LogP) is 0.172. The van der Waals surface area contributed by atoms with Crippen LogP contribution in [0.2, 0.25) is 0 Å². The maximum atomic E-state index is 13.2. The van der Waals surface area contributed by atoms with Crippen molar-refractivity contribution in [1.82, 2.24) is 20.4 Å². The van der Waals surface area contributed by atoms with Gasteiger partial charge in [0.1, 0.15) is 5.82 Å². The van der Waals surface area contributed by atoms with Gasteiger partial charge in [0.2, 0.25) is 11.7 Å². The summed E-state index contributed by atoms with van der Waals surface area (Å²) in [6, 6.07) is 3.59. The van der Waals surface area contributed by atoms with Crippen molar-refractivity contribution < 1.29 is 9.18 Å². The molecule has 0 saturated carbocycles. The fourth-order valence-electron chi connectivity index (χ4n) is 1.18. The molecule has 2 rings (SSSR count). The third-order valence-corrected chi connectivity index (χ3v) is 1.85. The number of carbonyl (C=O) groups excluding carboxylic acids is 1. The van der Waals surface area contributed by atoms with E-state index in [0.29, 0.717) is 5.56 Å². The van der Waals surface area contributed by atoms with E-state index in [-0.39, 0.29) is 11.4 Å². The van der Waals surface area contributed by atoms with Gasteiger partial charge in [-0.3, -0.25) is 4.79 Å². The molecule has 80 valence electrons. The van der Waals surface area contributed by atoms with Crippen molar-refractivity contribution in [1.29, 1.82) is 0 Å². The molecule has 2 aromatic rings. The van der Waals surface area contributed by atoms with E-state index in [2.05, 4.69) is 20.4 Å². The standard InChI is InChI=1S/C9H6FN5O/c10-7-2-5(8(11)16)1-6(3-7)9-14-12-4-13-15-9/h1-4H,(H2,11,16). The van der Waals surface area contributed by atoms with Crippen LogP contribution in [0.25, 0.3) is 11.4 Å². The fraction of sp³-hybridized carbons (Fsp3) is 0. The van der Waals surface area contributed by atoms with Crippen molar-refractivity contribution in [2.45, 2.75) is 0 Å². The van der Waals surface area contributed by atoms with E-state index >= 15 is 0 Å². The number of carbonyl (C=O) groups is 1. The molecule has 2 N–H and O–H groups in total. The molecule has 0 unspecified atom stereocenters. The molecule has 6 nitrogen and oxygen atoms in total. The fourth-order valence-corrected chi connectivity index (χ4v) is 1.18. The predicted molar refractivity (Wildman–Crippen MR) is 51.5 cm³/mol. The summed E-state index contributed by atoms with van der Waals surface area (Å²) in [5.41, 5.74) is 5.40. The van der Waals surface area contributed by atoms with Crippen LogP contribution in [0.15, 0.2) is 24.5 Å². The molecule has 7 heteroatoms. The Bertz CT molecular complexity index is 531. The number of rotatable bonds is 2. The van der Waals surface area contributed by atoms with E-state index in [1.807, 2.05) is 0 Å². The van der Waals surface area contributed by atoms with Crippen LogP contribution in [-0.2, 0) is 0 Å². The minimum Gasteiger partial charge on any atom is -0.366 e. The molecule has 0 bridgehead atoms.